The molecule has 2 aromatic rings. The van der Waals surface area contributed by atoms with Gasteiger partial charge in [0.05, 0.1) is 11.5 Å². The smallest absolute Gasteiger partial charge is 0.308 e. The first kappa shape index (κ1) is 14.4. The zero-order chi connectivity index (χ0) is 15.7. The highest BCUT2D eigenvalue weighted by atomic mass is 16.4. The molecule has 22 heavy (non-hydrogen) atoms. The Labute approximate surface area is 128 Å². The van der Waals surface area contributed by atoms with Gasteiger partial charge in [-0.05, 0) is 18.9 Å². The molecule has 0 radical (unpaired) electrons. The summed E-state index contributed by atoms with van der Waals surface area (Å²) in [5.74, 6) is -1.43. The molecule has 1 aliphatic heterocycles. The van der Waals surface area contributed by atoms with Crippen LogP contribution in [0, 0.1) is 5.92 Å². The Bertz CT molecular complexity index is 693. The van der Waals surface area contributed by atoms with Crippen molar-refractivity contribution in [1.29, 1.82) is 0 Å². The number of H-pyrrole nitrogens is 1. The van der Waals surface area contributed by atoms with E-state index in [2.05, 4.69) is 4.98 Å². The van der Waals surface area contributed by atoms with Crippen LogP contribution in [0.1, 0.15) is 23.7 Å². The van der Waals surface area contributed by atoms with Crippen LogP contribution in [0.15, 0.2) is 42.7 Å². The van der Waals surface area contributed by atoms with E-state index in [1.54, 1.807) is 24.2 Å². The highest BCUT2D eigenvalue weighted by Gasteiger charge is 2.38. The summed E-state index contributed by atoms with van der Waals surface area (Å²) in [6, 6.07) is 9.40. The lowest BCUT2D eigenvalue weighted by molar-refractivity contribution is -0.142. The third kappa shape index (κ3) is 2.39. The fraction of sp³-hybridized carbons (Fsp3) is 0.294. The monoisotopic (exact) mass is 298 g/mol. The largest absolute Gasteiger partial charge is 0.481 e. The summed E-state index contributed by atoms with van der Waals surface area (Å²) in [4.78, 5) is 28.7. The maximum atomic E-state index is 12.8. The van der Waals surface area contributed by atoms with Gasteiger partial charge in [0, 0.05) is 30.5 Å². The molecule has 0 aliphatic carbocycles. The number of likely N-dealkylation sites (tertiary alicyclic amines) is 1. The van der Waals surface area contributed by atoms with Crippen LogP contribution in [0.3, 0.4) is 0 Å². The molecule has 1 aromatic carbocycles. The van der Waals surface area contributed by atoms with Crippen LogP contribution in [0.2, 0.25) is 0 Å². The Morgan fingerprint density at radius 2 is 1.95 bits per heavy atom. The molecule has 1 aliphatic rings. The van der Waals surface area contributed by atoms with E-state index in [-0.39, 0.29) is 11.9 Å². The fourth-order valence-corrected chi connectivity index (χ4v) is 3.11. The number of carboxylic acid groups (broad SMARTS) is 1. The van der Waals surface area contributed by atoms with Crippen LogP contribution in [0.25, 0.3) is 11.1 Å². The van der Waals surface area contributed by atoms with Crippen molar-refractivity contribution in [3.8, 4) is 11.1 Å². The van der Waals surface area contributed by atoms with Gasteiger partial charge in [0.15, 0.2) is 0 Å². The maximum Gasteiger partial charge on any atom is 0.308 e. The van der Waals surface area contributed by atoms with E-state index >= 15 is 0 Å². The fourth-order valence-electron chi connectivity index (χ4n) is 3.11. The van der Waals surface area contributed by atoms with E-state index in [0.717, 1.165) is 11.1 Å². The summed E-state index contributed by atoms with van der Waals surface area (Å²) in [6.45, 7) is 2.29. The highest BCUT2D eigenvalue weighted by Crippen LogP contribution is 2.29. The standard InChI is InChI=1S/C17H18N2O3/c1-11-13(17(21)22)7-8-19(11)16(20)15-10-18-9-14(15)12-5-3-2-4-6-12/h2-6,9-11,13,18H,7-8H2,1H3,(H,21,22). The summed E-state index contributed by atoms with van der Waals surface area (Å²) in [5, 5.41) is 9.20. The number of aromatic nitrogens is 1. The van der Waals surface area contributed by atoms with Gasteiger partial charge in [-0.3, -0.25) is 9.59 Å². The van der Waals surface area contributed by atoms with Gasteiger partial charge in [0.25, 0.3) is 5.91 Å². The Balaban J connectivity index is 1.89. The van der Waals surface area contributed by atoms with Crippen LogP contribution >= 0.6 is 0 Å². The topological polar surface area (TPSA) is 73.4 Å². The van der Waals surface area contributed by atoms with Crippen molar-refractivity contribution in [2.24, 2.45) is 5.92 Å². The molecule has 1 amide bonds. The predicted molar refractivity (Wildman–Crippen MR) is 82.5 cm³/mol. The molecule has 1 fully saturated rings. The quantitative estimate of drug-likeness (QED) is 0.914. The van der Waals surface area contributed by atoms with Crippen molar-refractivity contribution >= 4 is 11.9 Å². The molecule has 5 heteroatoms. The molecule has 1 saturated heterocycles. The van der Waals surface area contributed by atoms with Gasteiger partial charge in [0.2, 0.25) is 0 Å². The molecule has 2 heterocycles. The van der Waals surface area contributed by atoms with Crippen molar-refractivity contribution in [3.63, 3.8) is 0 Å². The first-order chi connectivity index (χ1) is 10.6. The number of carboxylic acids is 1. The van der Waals surface area contributed by atoms with Crippen LogP contribution in [-0.2, 0) is 4.79 Å². The molecule has 1 aromatic heterocycles. The minimum Gasteiger partial charge on any atom is -0.481 e. The van der Waals surface area contributed by atoms with Crippen molar-refractivity contribution in [1.82, 2.24) is 9.88 Å². The summed E-state index contributed by atoms with van der Waals surface area (Å²) >= 11 is 0. The summed E-state index contributed by atoms with van der Waals surface area (Å²) in [7, 11) is 0. The Morgan fingerprint density at radius 3 is 2.59 bits per heavy atom. The number of hydrogen-bond donors (Lipinski definition) is 2. The molecule has 0 saturated carbocycles. The van der Waals surface area contributed by atoms with Gasteiger partial charge < -0.3 is 15.0 Å². The van der Waals surface area contributed by atoms with Crippen molar-refractivity contribution in [3.05, 3.63) is 48.3 Å². The van der Waals surface area contributed by atoms with E-state index in [4.69, 9.17) is 0 Å². The zero-order valence-corrected chi connectivity index (χ0v) is 12.3. The van der Waals surface area contributed by atoms with E-state index in [9.17, 15) is 14.7 Å². The predicted octanol–water partition coefficient (Wildman–Crippen LogP) is 2.62. The summed E-state index contributed by atoms with van der Waals surface area (Å²) < 4.78 is 0. The zero-order valence-electron chi connectivity index (χ0n) is 12.3. The molecule has 0 spiro atoms. The summed E-state index contributed by atoms with van der Waals surface area (Å²) in [5.41, 5.74) is 2.40. The SMILES string of the molecule is CC1C(C(=O)O)CCN1C(=O)c1c[nH]cc1-c1ccccc1. The van der Waals surface area contributed by atoms with E-state index in [1.807, 2.05) is 30.3 Å². The second kappa shape index (κ2) is 5.67. The number of aliphatic carboxylic acids is 1. The number of nitrogens with zero attached hydrogens (tertiary/aromatic N) is 1. The van der Waals surface area contributed by atoms with Gasteiger partial charge in [-0.2, -0.15) is 0 Å². The van der Waals surface area contributed by atoms with Gasteiger partial charge in [-0.25, -0.2) is 0 Å². The van der Waals surface area contributed by atoms with Crippen molar-refractivity contribution in [2.75, 3.05) is 6.54 Å². The lowest BCUT2D eigenvalue weighted by atomic mass is 10.0. The third-order valence-corrected chi connectivity index (χ3v) is 4.39. The molecule has 2 N–H and O–H groups in total. The summed E-state index contributed by atoms with van der Waals surface area (Å²) in [6.07, 6.45) is 4.00. The number of carbonyl (C=O) groups is 2. The number of nitrogens with one attached hydrogen (secondary N) is 1. The molecule has 5 nitrogen and oxygen atoms in total. The molecular weight excluding hydrogens is 280 g/mol. The molecule has 114 valence electrons. The Kier molecular flexibility index (Phi) is 3.71. The van der Waals surface area contributed by atoms with Crippen LogP contribution in [-0.4, -0.2) is 39.5 Å². The average molecular weight is 298 g/mol. The molecule has 0 bridgehead atoms. The number of carbonyl (C=O) groups excluding carboxylic acids is 1. The van der Waals surface area contributed by atoms with Gasteiger partial charge in [0.1, 0.15) is 0 Å². The third-order valence-electron chi connectivity index (χ3n) is 4.39. The van der Waals surface area contributed by atoms with Gasteiger partial charge in [-0.15, -0.1) is 0 Å². The first-order valence-electron chi connectivity index (χ1n) is 7.35. The van der Waals surface area contributed by atoms with E-state index in [1.165, 1.54) is 0 Å². The van der Waals surface area contributed by atoms with Crippen LogP contribution < -0.4 is 0 Å². The first-order valence-corrected chi connectivity index (χ1v) is 7.35. The lowest BCUT2D eigenvalue weighted by Gasteiger charge is -2.23. The number of amides is 1. The Morgan fingerprint density at radius 1 is 1.23 bits per heavy atom. The number of rotatable bonds is 3. The molecule has 3 rings (SSSR count). The minimum atomic E-state index is -0.833. The normalized spacial score (nSPS) is 21.0. The Hall–Kier alpha value is -2.56. The minimum absolute atomic E-state index is 0.114. The maximum absolute atomic E-state index is 12.8. The number of hydrogen-bond acceptors (Lipinski definition) is 2. The van der Waals surface area contributed by atoms with Crippen LogP contribution in [0.4, 0.5) is 0 Å². The lowest BCUT2D eigenvalue weighted by Crippen LogP contribution is -2.37. The van der Waals surface area contributed by atoms with E-state index in [0.29, 0.717) is 18.5 Å². The average Bonchev–Trinajstić information content (AvgIpc) is 3.14. The van der Waals surface area contributed by atoms with Crippen LogP contribution in [0.5, 0.6) is 0 Å². The van der Waals surface area contributed by atoms with Gasteiger partial charge >= 0.3 is 5.97 Å². The van der Waals surface area contributed by atoms with E-state index < -0.39 is 11.9 Å². The second-order valence-electron chi connectivity index (χ2n) is 5.62. The molecular formula is C17H18N2O3. The number of benzene rings is 1. The molecule has 2 unspecified atom stereocenters. The van der Waals surface area contributed by atoms with Gasteiger partial charge in [-0.1, -0.05) is 30.3 Å². The van der Waals surface area contributed by atoms with Crippen molar-refractivity contribution in [2.45, 2.75) is 19.4 Å². The second-order valence-corrected chi connectivity index (χ2v) is 5.62. The number of aromatic amines is 1. The van der Waals surface area contributed by atoms with Crippen molar-refractivity contribution < 1.29 is 14.7 Å². The highest BCUT2D eigenvalue weighted by molar-refractivity contribution is 6.01. The molecule has 2 atom stereocenters.